The van der Waals surface area contributed by atoms with Crippen LogP contribution in [0.2, 0.25) is 5.02 Å². The Morgan fingerprint density at radius 2 is 2.19 bits per heavy atom. The van der Waals surface area contributed by atoms with Gasteiger partial charge in [-0.15, -0.1) is 0 Å². The molecule has 1 aliphatic rings. The van der Waals surface area contributed by atoms with Gasteiger partial charge in [-0.05, 0) is 43.0 Å². The third kappa shape index (κ3) is 2.50. The first-order valence-corrected chi connectivity index (χ1v) is 5.82. The average Bonchev–Trinajstić information content (AvgIpc) is 2.99. The summed E-state index contributed by atoms with van der Waals surface area (Å²) in [6.45, 7) is 1.91. The molecule has 3 heteroatoms. The molecule has 16 heavy (non-hydrogen) atoms. The number of carbonyl (C=O) groups excluding carboxylic acids is 1. The highest BCUT2D eigenvalue weighted by Crippen LogP contribution is 2.31. The van der Waals surface area contributed by atoms with Crippen LogP contribution in [0.5, 0.6) is 0 Å². The smallest absolute Gasteiger partial charge is 0.141 e. The minimum absolute atomic E-state index is 0.208. The molecule has 1 N–H and O–H groups in total. The maximum absolute atomic E-state index is 11.6. The van der Waals surface area contributed by atoms with Gasteiger partial charge in [-0.2, -0.15) is 0 Å². The van der Waals surface area contributed by atoms with Crippen molar-refractivity contribution in [2.24, 2.45) is 5.92 Å². The van der Waals surface area contributed by atoms with Gasteiger partial charge in [0.15, 0.2) is 0 Å². The Bertz CT molecular complexity index is 449. The number of halogens is 1. The summed E-state index contributed by atoms with van der Waals surface area (Å²) in [6.07, 6.45) is 2.27. The molecule has 2 rings (SSSR count). The van der Waals surface area contributed by atoms with E-state index in [0.717, 1.165) is 24.0 Å². The number of rotatable bonds is 4. The SMILES string of the molecule is Cc1cc(Cl)ccc1C(=N)CC(=O)C1CC1. The summed E-state index contributed by atoms with van der Waals surface area (Å²) in [4.78, 5) is 11.6. The topological polar surface area (TPSA) is 40.9 Å². The molecule has 0 saturated heterocycles. The maximum Gasteiger partial charge on any atom is 0.141 e. The van der Waals surface area contributed by atoms with Crippen LogP contribution in [-0.2, 0) is 4.79 Å². The summed E-state index contributed by atoms with van der Waals surface area (Å²) in [5.41, 5.74) is 2.20. The Labute approximate surface area is 100 Å². The minimum atomic E-state index is 0.208. The predicted molar refractivity (Wildman–Crippen MR) is 65.4 cm³/mol. The van der Waals surface area contributed by atoms with Crippen LogP contribution >= 0.6 is 11.6 Å². The van der Waals surface area contributed by atoms with Gasteiger partial charge in [-0.3, -0.25) is 4.79 Å². The maximum atomic E-state index is 11.6. The predicted octanol–water partition coefficient (Wildman–Crippen LogP) is 3.39. The Kier molecular flexibility index (Phi) is 3.10. The number of hydrogen-bond donors (Lipinski definition) is 1. The number of aryl methyl sites for hydroxylation is 1. The lowest BCUT2D eigenvalue weighted by molar-refractivity contribution is -0.119. The highest BCUT2D eigenvalue weighted by molar-refractivity contribution is 6.30. The lowest BCUT2D eigenvalue weighted by Crippen LogP contribution is -2.10. The lowest BCUT2D eigenvalue weighted by atomic mass is 9.99. The van der Waals surface area contributed by atoms with Gasteiger partial charge in [0.1, 0.15) is 5.78 Å². The van der Waals surface area contributed by atoms with E-state index in [4.69, 9.17) is 17.0 Å². The second-order valence-corrected chi connectivity index (χ2v) is 4.79. The third-order valence-electron chi connectivity index (χ3n) is 2.90. The zero-order valence-corrected chi connectivity index (χ0v) is 9.97. The van der Waals surface area contributed by atoms with E-state index in [-0.39, 0.29) is 18.1 Å². The Morgan fingerprint density at radius 3 is 2.75 bits per heavy atom. The van der Waals surface area contributed by atoms with Crippen molar-refractivity contribution in [2.45, 2.75) is 26.2 Å². The van der Waals surface area contributed by atoms with Gasteiger partial charge in [0, 0.05) is 23.1 Å². The Hall–Kier alpha value is -1.15. The average molecular weight is 236 g/mol. The van der Waals surface area contributed by atoms with Crippen LogP contribution < -0.4 is 0 Å². The fourth-order valence-electron chi connectivity index (χ4n) is 1.78. The molecule has 0 aromatic heterocycles. The van der Waals surface area contributed by atoms with Crippen LogP contribution in [0.15, 0.2) is 18.2 Å². The van der Waals surface area contributed by atoms with Crippen molar-refractivity contribution in [3.63, 3.8) is 0 Å². The number of ketones is 1. The summed E-state index contributed by atoms with van der Waals surface area (Å²) >= 11 is 5.85. The standard InChI is InChI=1S/C13H14ClNO/c1-8-6-10(14)4-5-11(8)12(15)7-13(16)9-2-3-9/h4-6,9,15H,2-3,7H2,1H3. The summed E-state index contributed by atoms with van der Waals surface area (Å²) in [5, 5.41) is 8.60. The van der Waals surface area contributed by atoms with Crippen LogP contribution in [0, 0.1) is 18.3 Å². The molecule has 0 spiro atoms. The van der Waals surface area contributed by atoms with E-state index in [1.54, 1.807) is 6.07 Å². The summed E-state index contributed by atoms with van der Waals surface area (Å²) in [7, 11) is 0. The van der Waals surface area contributed by atoms with Crippen molar-refractivity contribution in [3.8, 4) is 0 Å². The molecule has 0 unspecified atom stereocenters. The number of carbonyl (C=O) groups is 1. The molecule has 1 aromatic carbocycles. The monoisotopic (exact) mass is 235 g/mol. The molecule has 1 fully saturated rings. The van der Waals surface area contributed by atoms with Gasteiger partial charge in [0.2, 0.25) is 0 Å². The molecule has 0 atom stereocenters. The molecule has 0 heterocycles. The van der Waals surface area contributed by atoms with Crippen LogP contribution in [-0.4, -0.2) is 11.5 Å². The van der Waals surface area contributed by atoms with Gasteiger partial charge >= 0.3 is 0 Å². The molecule has 1 saturated carbocycles. The number of Topliss-reactive ketones (excluding diaryl/α,β-unsaturated/α-hetero) is 1. The van der Waals surface area contributed by atoms with E-state index in [0.29, 0.717) is 10.7 Å². The second-order valence-electron chi connectivity index (χ2n) is 4.36. The van der Waals surface area contributed by atoms with Gasteiger partial charge in [-0.25, -0.2) is 0 Å². The third-order valence-corrected chi connectivity index (χ3v) is 3.13. The fraction of sp³-hybridized carbons (Fsp3) is 0.385. The molecule has 84 valence electrons. The normalized spacial score (nSPS) is 14.9. The first kappa shape index (κ1) is 11.3. The molecule has 0 amide bonds. The first-order chi connectivity index (χ1) is 7.58. The number of hydrogen-bond acceptors (Lipinski definition) is 2. The summed E-state index contributed by atoms with van der Waals surface area (Å²) in [5.74, 6) is 0.437. The Balaban J connectivity index is 2.10. The van der Waals surface area contributed by atoms with E-state index in [1.165, 1.54) is 0 Å². The highest BCUT2D eigenvalue weighted by Gasteiger charge is 2.30. The molecular weight excluding hydrogens is 222 g/mol. The van der Waals surface area contributed by atoms with Crippen molar-refractivity contribution < 1.29 is 4.79 Å². The largest absolute Gasteiger partial charge is 0.304 e. The number of nitrogens with one attached hydrogen (secondary N) is 1. The highest BCUT2D eigenvalue weighted by atomic mass is 35.5. The molecule has 0 aliphatic heterocycles. The zero-order chi connectivity index (χ0) is 11.7. The quantitative estimate of drug-likeness (QED) is 0.799. The van der Waals surface area contributed by atoms with E-state index in [9.17, 15) is 4.79 Å². The summed E-state index contributed by atoms with van der Waals surface area (Å²) in [6, 6.07) is 5.41. The first-order valence-electron chi connectivity index (χ1n) is 5.44. The zero-order valence-electron chi connectivity index (χ0n) is 9.22. The molecule has 2 nitrogen and oxygen atoms in total. The molecular formula is C13H14ClNO. The van der Waals surface area contributed by atoms with Crippen LogP contribution in [0.25, 0.3) is 0 Å². The van der Waals surface area contributed by atoms with E-state index in [2.05, 4.69) is 0 Å². The lowest BCUT2D eigenvalue weighted by Gasteiger charge is -2.07. The van der Waals surface area contributed by atoms with Crippen LogP contribution in [0.1, 0.15) is 30.4 Å². The fourth-order valence-corrected chi connectivity index (χ4v) is 2.01. The van der Waals surface area contributed by atoms with Crippen LogP contribution in [0.3, 0.4) is 0 Å². The molecule has 0 bridgehead atoms. The second kappa shape index (κ2) is 4.38. The van der Waals surface area contributed by atoms with Gasteiger partial charge in [-0.1, -0.05) is 17.7 Å². The van der Waals surface area contributed by atoms with Crippen molar-refractivity contribution in [1.82, 2.24) is 0 Å². The van der Waals surface area contributed by atoms with Crippen molar-refractivity contribution in [3.05, 3.63) is 34.3 Å². The van der Waals surface area contributed by atoms with Gasteiger partial charge in [0.25, 0.3) is 0 Å². The van der Waals surface area contributed by atoms with Gasteiger partial charge < -0.3 is 5.41 Å². The molecule has 0 radical (unpaired) electrons. The van der Waals surface area contributed by atoms with E-state index in [1.807, 2.05) is 19.1 Å². The molecule has 1 aliphatic carbocycles. The minimum Gasteiger partial charge on any atom is -0.304 e. The van der Waals surface area contributed by atoms with Crippen molar-refractivity contribution in [2.75, 3.05) is 0 Å². The summed E-state index contributed by atoms with van der Waals surface area (Å²) < 4.78 is 0. The Morgan fingerprint density at radius 1 is 1.50 bits per heavy atom. The van der Waals surface area contributed by atoms with Crippen molar-refractivity contribution >= 4 is 23.1 Å². The van der Waals surface area contributed by atoms with Gasteiger partial charge in [0.05, 0.1) is 0 Å². The van der Waals surface area contributed by atoms with Crippen molar-refractivity contribution in [1.29, 1.82) is 5.41 Å². The molecule has 1 aromatic rings. The van der Waals surface area contributed by atoms with Crippen LogP contribution in [0.4, 0.5) is 0 Å². The van der Waals surface area contributed by atoms with E-state index >= 15 is 0 Å². The number of benzene rings is 1. The van der Waals surface area contributed by atoms with E-state index < -0.39 is 0 Å².